The Morgan fingerprint density at radius 3 is 2.75 bits per heavy atom. The van der Waals surface area contributed by atoms with Gasteiger partial charge >= 0.3 is 0 Å². The van der Waals surface area contributed by atoms with E-state index in [4.69, 9.17) is 4.42 Å². The van der Waals surface area contributed by atoms with Crippen LogP contribution in [0.25, 0.3) is 0 Å². The molecular formula is C14H18BrN3OS. The van der Waals surface area contributed by atoms with Crippen molar-refractivity contribution in [2.24, 2.45) is 5.92 Å². The van der Waals surface area contributed by atoms with E-state index in [0.29, 0.717) is 17.0 Å². The van der Waals surface area contributed by atoms with E-state index in [1.54, 1.807) is 6.92 Å². The maximum Gasteiger partial charge on any atom is 0.281 e. The topological polar surface area (TPSA) is 51.0 Å². The molecule has 0 radical (unpaired) electrons. The van der Waals surface area contributed by atoms with Gasteiger partial charge in [-0.05, 0) is 57.9 Å². The molecule has 1 N–H and O–H groups in total. The molecule has 2 aromatic rings. The summed E-state index contributed by atoms with van der Waals surface area (Å²) >= 11 is 5.06. The molecule has 6 heteroatoms. The summed E-state index contributed by atoms with van der Waals surface area (Å²) in [7, 11) is 0. The Hall–Kier alpha value is -0.850. The lowest BCUT2D eigenvalue weighted by molar-refractivity contribution is 0.429. The van der Waals surface area contributed by atoms with Gasteiger partial charge in [-0.15, -0.1) is 10.2 Å². The highest BCUT2D eigenvalue weighted by atomic mass is 79.9. The van der Waals surface area contributed by atoms with Crippen molar-refractivity contribution in [3.63, 3.8) is 0 Å². The Morgan fingerprint density at radius 2 is 2.15 bits per heavy atom. The smallest absolute Gasteiger partial charge is 0.281 e. The Labute approximate surface area is 131 Å². The molecule has 0 unspecified atom stereocenters. The van der Waals surface area contributed by atoms with Crippen LogP contribution in [-0.4, -0.2) is 16.7 Å². The fourth-order valence-electron chi connectivity index (χ4n) is 1.66. The quantitative estimate of drug-likeness (QED) is 0.847. The van der Waals surface area contributed by atoms with Crippen LogP contribution in [0.2, 0.25) is 0 Å². The molecule has 0 fully saturated rings. The van der Waals surface area contributed by atoms with Crippen LogP contribution in [0.4, 0.5) is 0 Å². The third-order valence-corrected chi connectivity index (χ3v) is 4.42. The van der Waals surface area contributed by atoms with Crippen molar-refractivity contribution in [2.45, 2.75) is 37.4 Å². The average Bonchev–Trinajstić information content (AvgIpc) is 2.78. The van der Waals surface area contributed by atoms with Crippen LogP contribution >= 0.6 is 27.7 Å². The van der Waals surface area contributed by atoms with Crippen molar-refractivity contribution >= 4 is 27.7 Å². The fraction of sp³-hybridized carbons (Fsp3) is 0.429. The zero-order valence-corrected chi connectivity index (χ0v) is 14.2. The van der Waals surface area contributed by atoms with Crippen LogP contribution < -0.4 is 5.32 Å². The van der Waals surface area contributed by atoms with Gasteiger partial charge in [0.2, 0.25) is 5.89 Å². The second-order valence-electron chi connectivity index (χ2n) is 4.98. The van der Waals surface area contributed by atoms with Gasteiger partial charge < -0.3 is 9.73 Å². The Balaban J connectivity index is 1.98. The van der Waals surface area contributed by atoms with Gasteiger partial charge in [0.15, 0.2) is 0 Å². The molecule has 0 saturated carbocycles. The molecule has 108 valence electrons. The highest BCUT2D eigenvalue weighted by Gasteiger charge is 2.08. The van der Waals surface area contributed by atoms with E-state index >= 15 is 0 Å². The van der Waals surface area contributed by atoms with Crippen molar-refractivity contribution in [3.8, 4) is 0 Å². The van der Waals surface area contributed by atoms with Gasteiger partial charge in [0, 0.05) is 22.8 Å². The predicted molar refractivity (Wildman–Crippen MR) is 83.8 cm³/mol. The highest BCUT2D eigenvalue weighted by Crippen LogP contribution is 2.33. The van der Waals surface area contributed by atoms with Gasteiger partial charge in [-0.1, -0.05) is 19.9 Å². The van der Waals surface area contributed by atoms with Gasteiger partial charge in [-0.25, -0.2) is 0 Å². The minimum absolute atomic E-state index is 0.564. The second kappa shape index (κ2) is 7.24. The van der Waals surface area contributed by atoms with Crippen molar-refractivity contribution in [1.29, 1.82) is 0 Å². The summed E-state index contributed by atoms with van der Waals surface area (Å²) in [6, 6.07) is 6.31. The average molecular weight is 356 g/mol. The molecule has 1 aromatic carbocycles. The number of aromatic nitrogens is 2. The number of halogens is 1. The van der Waals surface area contributed by atoms with E-state index in [1.807, 2.05) is 0 Å². The third kappa shape index (κ3) is 4.61. The number of rotatable bonds is 6. The van der Waals surface area contributed by atoms with Crippen LogP contribution in [0.5, 0.6) is 0 Å². The van der Waals surface area contributed by atoms with Crippen molar-refractivity contribution < 1.29 is 4.42 Å². The van der Waals surface area contributed by atoms with Gasteiger partial charge in [-0.2, -0.15) is 0 Å². The van der Waals surface area contributed by atoms with Crippen LogP contribution in [0, 0.1) is 12.8 Å². The number of benzene rings is 1. The number of aryl methyl sites for hydroxylation is 1. The Kier molecular flexibility index (Phi) is 5.63. The molecule has 2 rings (SSSR count). The van der Waals surface area contributed by atoms with E-state index < -0.39 is 0 Å². The lowest BCUT2D eigenvalue weighted by atomic mass is 10.2. The predicted octanol–water partition coefficient (Wildman–Crippen LogP) is 4.04. The van der Waals surface area contributed by atoms with E-state index in [1.165, 1.54) is 17.3 Å². The van der Waals surface area contributed by atoms with Crippen LogP contribution in [0.1, 0.15) is 25.3 Å². The molecule has 0 aliphatic carbocycles. The van der Waals surface area contributed by atoms with Gasteiger partial charge in [0.25, 0.3) is 5.22 Å². The molecular weight excluding hydrogens is 338 g/mol. The second-order valence-corrected chi connectivity index (χ2v) is 6.83. The Morgan fingerprint density at radius 1 is 1.35 bits per heavy atom. The van der Waals surface area contributed by atoms with E-state index in [0.717, 1.165) is 22.5 Å². The largest absolute Gasteiger partial charge is 0.416 e. The normalized spacial score (nSPS) is 11.2. The first-order valence-electron chi connectivity index (χ1n) is 6.51. The summed E-state index contributed by atoms with van der Waals surface area (Å²) in [4.78, 5) is 1.07. The molecule has 1 aromatic heterocycles. The molecule has 4 nitrogen and oxygen atoms in total. The molecule has 0 aliphatic heterocycles. The van der Waals surface area contributed by atoms with Crippen molar-refractivity contribution in [1.82, 2.24) is 15.5 Å². The lowest BCUT2D eigenvalue weighted by Crippen LogP contribution is -2.18. The van der Waals surface area contributed by atoms with E-state index in [2.05, 4.69) is 63.5 Å². The zero-order chi connectivity index (χ0) is 14.5. The van der Waals surface area contributed by atoms with Gasteiger partial charge in [0.1, 0.15) is 0 Å². The van der Waals surface area contributed by atoms with Crippen molar-refractivity contribution in [2.75, 3.05) is 6.54 Å². The summed E-state index contributed by atoms with van der Waals surface area (Å²) in [6.07, 6.45) is 0. The monoisotopic (exact) mass is 355 g/mol. The van der Waals surface area contributed by atoms with Gasteiger partial charge in [0.05, 0.1) is 0 Å². The molecule has 0 amide bonds. The van der Waals surface area contributed by atoms with E-state index in [-0.39, 0.29) is 0 Å². The van der Waals surface area contributed by atoms with Gasteiger partial charge in [-0.3, -0.25) is 0 Å². The summed E-state index contributed by atoms with van der Waals surface area (Å²) in [5.41, 5.74) is 1.25. The molecule has 0 saturated heterocycles. The third-order valence-electron chi connectivity index (χ3n) is 2.58. The molecule has 0 spiro atoms. The number of nitrogens with zero attached hydrogens (tertiary/aromatic N) is 2. The first-order chi connectivity index (χ1) is 9.54. The van der Waals surface area contributed by atoms with Crippen LogP contribution in [-0.2, 0) is 6.54 Å². The lowest BCUT2D eigenvalue weighted by Gasteiger charge is -2.09. The van der Waals surface area contributed by atoms with Crippen molar-refractivity contribution in [3.05, 3.63) is 34.1 Å². The SMILES string of the molecule is Cc1nnc(Sc2ccc(CNCC(C)C)cc2Br)o1. The molecule has 1 heterocycles. The fourth-order valence-corrected chi connectivity index (χ4v) is 3.05. The summed E-state index contributed by atoms with van der Waals surface area (Å²) in [5, 5.41) is 11.8. The molecule has 0 atom stereocenters. The first kappa shape index (κ1) is 15.5. The summed E-state index contributed by atoms with van der Waals surface area (Å²) in [5.74, 6) is 1.24. The Bertz CT molecular complexity index is 571. The molecule has 20 heavy (non-hydrogen) atoms. The molecule has 0 bridgehead atoms. The number of hydrogen-bond acceptors (Lipinski definition) is 5. The minimum Gasteiger partial charge on any atom is -0.416 e. The maximum atomic E-state index is 5.37. The van der Waals surface area contributed by atoms with Crippen LogP contribution in [0.3, 0.4) is 0 Å². The van der Waals surface area contributed by atoms with E-state index in [9.17, 15) is 0 Å². The standard InChI is InChI=1S/C14H18BrN3OS/c1-9(2)7-16-8-11-4-5-13(12(15)6-11)20-14-18-17-10(3)19-14/h4-6,9,16H,7-8H2,1-3H3. The highest BCUT2D eigenvalue weighted by molar-refractivity contribution is 9.10. The maximum absolute atomic E-state index is 5.37. The zero-order valence-electron chi connectivity index (χ0n) is 11.8. The number of hydrogen-bond donors (Lipinski definition) is 1. The van der Waals surface area contributed by atoms with Crippen LogP contribution in [0.15, 0.2) is 37.2 Å². The number of nitrogens with one attached hydrogen (secondary N) is 1. The summed E-state index contributed by atoms with van der Waals surface area (Å²) < 4.78 is 6.42. The minimum atomic E-state index is 0.564. The first-order valence-corrected chi connectivity index (χ1v) is 8.12. The molecule has 0 aliphatic rings. The summed E-state index contributed by atoms with van der Waals surface area (Å²) in [6.45, 7) is 8.09.